The van der Waals surface area contributed by atoms with Crippen molar-refractivity contribution in [2.75, 3.05) is 18.5 Å². The molecule has 2 N–H and O–H groups in total. The van der Waals surface area contributed by atoms with Crippen LogP contribution in [-0.4, -0.2) is 25.3 Å². The minimum atomic E-state index is -0.274. The highest BCUT2D eigenvalue weighted by molar-refractivity contribution is 14.1. The van der Waals surface area contributed by atoms with Gasteiger partial charge in [-0.25, -0.2) is 5.43 Å². The first-order chi connectivity index (χ1) is 15.9. The Balaban J connectivity index is 1.60. The molecule has 0 aliphatic rings. The predicted molar refractivity (Wildman–Crippen MR) is 142 cm³/mol. The number of nitrogens with zero attached hydrogens (tertiary/aromatic N) is 1. The van der Waals surface area contributed by atoms with Crippen molar-refractivity contribution in [3.05, 3.63) is 85.4 Å². The van der Waals surface area contributed by atoms with Crippen LogP contribution in [-0.2, 0) is 11.4 Å². The molecule has 172 valence electrons. The van der Waals surface area contributed by atoms with Gasteiger partial charge in [0.15, 0.2) is 11.5 Å². The number of nitrogens with one attached hydrogen (secondary N) is 2. The van der Waals surface area contributed by atoms with Crippen LogP contribution in [0, 0.1) is 3.57 Å². The van der Waals surface area contributed by atoms with Crippen LogP contribution in [0.5, 0.6) is 11.5 Å². The van der Waals surface area contributed by atoms with Gasteiger partial charge in [-0.05, 0) is 89.2 Å². The standard InChI is InChI=1S/C24H22Cl2IN3O3/c1-2-32-22-12-17(11-21(26)24(22)33-15-16-3-5-18(25)6-4-16)13-29-30-23(31)14-28-20-9-7-19(27)8-10-20/h3-13,28H,2,14-15H2,1H3,(H,30,31)/b29-13-. The zero-order valence-corrected chi connectivity index (χ0v) is 21.4. The summed E-state index contributed by atoms with van der Waals surface area (Å²) in [5, 5.41) is 8.09. The number of ether oxygens (including phenoxy) is 2. The smallest absolute Gasteiger partial charge is 0.259 e. The second kappa shape index (κ2) is 12.7. The number of hydrogen-bond acceptors (Lipinski definition) is 5. The number of carbonyl (C=O) groups excluding carboxylic acids is 1. The van der Waals surface area contributed by atoms with E-state index in [-0.39, 0.29) is 12.5 Å². The minimum Gasteiger partial charge on any atom is -0.490 e. The lowest BCUT2D eigenvalue weighted by atomic mass is 10.2. The first-order valence-corrected chi connectivity index (χ1v) is 11.9. The van der Waals surface area contributed by atoms with Gasteiger partial charge in [-0.2, -0.15) is 5.10 Å². The van der Waals surface area contributed by atoms with E-state index < -0.39 is 0 Å². The van der Waals surface area contributed by atoms with Gasteiger partial charge in [-0.15, -0.1) is 0 Å². The first-order valence-electron chi connectivity index (χ1n) is 10.1. The molecule has 9 heteroatoms. The van der Waals surface area contributed by atoms with Gasteiger partial charge < -0.3 is 14.8 Å². The van der Waals surface area contributed by atoms with Crippen LogP contribution in [0.15, 0.2) is 65.8 Å². The lowest BCUT2D eigenvalue weighted by Gasteiger charge is -2.14. The third-order valence-corrected chi connectivity index (χ3v) is 5.58. The number of halogens is 3. The van der Waals surface area contributed by atoms with Crippen LogP contribution < -0.4 is 20.2 Å². The molecule has 0 aliphatic carbocycles. The van der Waals surface area contributed by atoms with E-state index in [2.05, 4.69) is 38.4 Å². The maximum absolute atomic E-state index is 12.0. The van der Waals surface area contributed by atoms with E-state index in [1.54, 1.807) is 24.3 Å². The molecule has 0 aliphatic heterocycles. The van der Waals surface area contributed by atoms with Gasteiger partial charge in [0.05, 0.1) is 24.4 Å². The molecular weight excluding hydrogens is 576 g/mol. The van der Waals surface area contributed by atoms with E-state index in [0.29, 0.717) is 40.3 Å². The van der Waals surface area contributed by atoms with Gasteiger partial charge in [0.1, 0.15) is 6.61 Å². The summed E-state index contributed by atoms with van der Waals surface area (Å²) in [5.41, 5.74) is 4.96. The van der Waals surface area contributed by atoms with Crippen LogP contribution in [0.3, 0.4) is 0 Å². The van der Waals surface area contributed by atoms with Gasteiger partial charge in [-0.3, -0.25) is 4.79 Å². The Morgan fingerprint density at radius 3 is 2.48 bits per heavy atom. The Morgan fingerprint density at radius 1 is 1.06 bits per heavy atom. The second-order valence-electron chi connectivity index (χ2n) is 6.83. The Labute approximate surface area is 216 Å². The lowest BCUT2D eigenvalue weighted by molar-refractivity contribution is -0.119. The Bertz CT molecular complexity index is 1110. The molecule has 0 saturated heterocycles. The summed E-state index contributed by atoms with van der Waals surface area (Å²) in [6.45, 7) is 2.72. The van der Waals surface area contributed by atoms with Crippen molar-refractivity contribution in [3.63, 3.8) is 0 Å². The fourth-order valence-electron chi connectivity index (χ4n) is 2.77. The molecule has 0 saturated carbocycles. The molecule has 3 aromatic rings. The summed E-state index contributed by atoms with van der Waals surface area (Å²) in [6.07, 6.45) is 1.50. The average Bonchev–Trinajstić information content (AvgIpc) is 2.79. The average molecular weight is 598 g/mol. The molecule has 33 heavy (non-hydrogen) atoms. The van der Waals surface area contributed by atoms with Crippen LogP contribution in [0.1, 0.15) is 18.1 Å². The monoisotopic (exact) mass is 597 g/mol. The van der Waals surface area contributed by atoms with Gasteiger partial charge in [-0.1, -0.05) is 35.3 Å². The van der Waals surface area contributed by atoms with E-state index in [0.717, 1.165) is 14.8 Å². The highest BCUT2D eigenvalue weighted by Crippen LogP contribution is 2.37. The van der Waals surface area contributed by atoms with Crippen LogP contribution >= 0.6 is 45.8 Å². The van der Waals surface area contributed by atoms with E-state index in [1.807, 2.05) is 43.3 Å². The topological polar surface area (TPSA) is 72.0 Å². The number of amides is 1. The SMILES string of the molecule is CCOc1cc(/C=N\NC(=O)CNc2ccc(I)cc2)cc(Cl)c1OCc1ccc(Cl)cc1. The Morgan fingerprint density at radius 2 is 1.79 bits per heavy atom. The molecule has 3 rings (SSSR count). The first kappa shape index (κ1) is 25.1. The van der Waals surface area contributed by atoms with Crippen molar-refractivity contribution in [2.45, 2.75) is 13.5 Å². The van der Waals surface area contributed by atoms with Crippen molar-refractivity contribution in [2.24, 2.45) is 5.10 Å². The lowest BCUT2D eigenvalue weighted by Crippen LogP contribution is -2.25. The summed E-state index contributed by atoms with van der Waals surface area (Å²) in [5.74, 6) is 0.660. The molecule has 0 heterocycles. The van der Waals surface area contributed by atoms with Crippen molar-refractivity contribution < 1.29 is 14.3 Å². The Kier molecular flexibility index (Phi) is 9.65. The maximum Gasteiger partial charge on any atom is 0.259 e. The molecule has 0 radical (unpaired) electrons. The number of benzene rings is 3. The quantitative estimate of drug-likeness (QED) is 0.167. The van der Waals surface area contributed by atoms with Crippen molar-refractivity contribution in [1.82, 2.24) is 5.43 Å². The normalized spacial score (nSPS) is 10.8. The maximum atomic E-state index is 12.0. The minimum absolute atomic E-state index is 0.0976. The largest absolute Gasteiger partial charge is 0.490 e. The summed E-state index contributed by atoms with van der Waals surface area (Å²) < 4.78 is 12.7. The van der Waals surface area contributed by atoms with E-state index in [1.165, 1.54) is 6.21 Å². The zero-order valence-electron chi connectivity index (χ0n) is 17.8. The molecule has 0 atom stereocenters. The van der Waals surface area contributed by atoms with Crippen molar-refractivity contribution in [3.8, 4) is 11.5 Å². The molecule has 1 amide bonds. The third-order valence-electron chi connectivity index (χ3n) is 4.33. The van der Waals surface area contributed by atoms with Gasteiger partial charge in [0.25, 0.3) is 5.91 Å². The third kappa shape index (κ3) is 8.10. The Hall–Kier alpha value is -2.49. The fourth-order valence-corrected chi connectivity index (χ4v) is 3.53. The van der Waals surface area contributed by atoms with Crippen LogP contribution in [0.25, 0.3) is 0 Å². The van der Waals surface area contributed by atoms with E-state index >= 15 is 0 Å². The van der Waals surface area contributed by atoms with Crippen LogP contribution in [0.4, 0.5) is 5.69 Å². The van der Waals surface area contributed by atoms with Gasteiger partial charge >= 0.3 is 0 Å². The molecule has 0 bridgehead atoms. The van der Waals surface area contributed by atoms with Crippen molar-refractivity contribution >= 4 is 63.6 Å². The summed E-state index contributed by atoms with van der Waals surface area (Å²) in [4.78, 5) is 12.0. The molecule has 0 spiro atoms. The summed E-state index contributed by atoms with van der Waals surface area (Å²) in [6, 6.07) is 18.6. The number of carbonyl (C=O) groups is 1. The predicted octanol–water partition coefficient (Wildman–Crippen LogP) is 6.14. The molecule has 0 unspecified atom stereocenters. The number of hydrogen-bond donors (Lipinski definition) is 2. The number of hydrazone groups is 1. The van der Waals surface area contributed by atoms with E-state index in [9.17, 15) is 4.79 Å². The van der Waals surface area contributed by atoms with Crippen molar-refractivity contribution in [1.29, 1.82) is 0 Å². The zero-order chi connectivity index (χ0) is 23.6. The van der Waals surface area contributed by atoms with Gasteiger partial charge in [0, 0.05) is 14.3 Å². The molecule has 3 aromatic carbocycles. The molecule has 0 fully saturated rings. The number of anilines is 1. The highest BCUT2D eigenvalue weighted by atomic mass is 127. The van der Waals surface area contributed by atoms with E-state index in [4.69, 9.17) is 32.7 Å². The van der Waals surface area contributed by atoms with Gasteiger partial charge in [0.2, 0.25) is 0 Å². The molecule has 0 aromatic heterocycles. The molecule has 6 nitrogen and oxygen atoms in total. The van der Waals surface area contributed by atoms with Crippen LogP contribution in [0.2, 0.25) is 10.0 Å². The fraction of sp³-hybridized carbons (Fsp3) is 0.167. The summed E-state index contributed by atoms with van der Waals surface area (Å²) >= 11 is 14.6. The second-order valence-corrected chi connectivity index (χ2v) is 8.92. The summed E-state index contributed by atoms with van der Waals surface area (Å²) in [7, 11) is 0. The molecular formula is C24H22Cl2IN3O3. The highest BCUT2D eigenvalue weighted by Gasteiger charge is 2.13. The number of rotatable bonds is 10.